The Labute approximate surface area is 97.2 Å². The van der Waals surface area contributed by atoms with Crippen molar-refractivity contribution in [3.63, 3.8) is 0 Å². The highest BCUT2D eigenvalue weighted by molar-refractivity contribution is 6.17. The molecule has 0 atom stereocenters. The second-order valence-corrected chi connectivity index (χ2v) is 3.37. The first-order chi connectivity index (χ1) is 7.60. The fourth-order valence-electron chi connectivity index (χ4n) is 1.33. The van der Waals surface area contributed by atoms with E-state index in [-0.39, 0.29) is 30.0 Å². The van der Waals surface area contributed by atoms with Crippen molar-refractivity contribution in [2.24, 2.45) is 0 Å². The Bertz CT molecular complexity index is 394. The number of hydrogen-bond acceptors (Lipinski definition) is 2. The molecule has 0 saturated carbocycles. The summed E-state index contributed by atoms with van der Waals surface area (Å²) in [5.41, 5.74) is -0.0248. The van der Waals surface area contributed by atoms with E-state index in [0.717, 1.165) is 12.1 Å². The number of alkyl halides is 1. The van der Waals surface area contributed by atoms with Crippen molar-refractivity contribution in [2.45, 2.75) is 19.2 Å². The molecule has 0 N–H and O–H groups in total. The summed E-state index contributed by atoms with van der Waals surface area (Å²) < 4.78 is 31.3. The molecular formula is C11H11ClF2O2. The minimum absolute atomic E-state index is 0.00900. The number of ether oxygens (including phenoxy) is 1. The van der Waals surface area contributed by atoms with Crippen LogP contribution in [-0.2, 0) is 21.8 Å². The molecule has 1 aromatic carbocycles. The number of carbonyl (C=O) groups is 1. The minimum Gasteiger partial charge on any atom is -0.466 e. The maximum absolute atomic E-state index is 13.4. The van der Waals surface area contributed by atoms with Gasteiger partial charge in [0, 0.05) is 11.1 Å². The molecule has 0 fully saturated rings. The van der Waals surface area contributed by atoms with Crippen LogP contribution >= 0.6 is 11.6 Å². The van der Waals surface area contributed by atoms with Gasteiger partial charge in [-0.15, -0.1) is 11.6 Å². The van der Waals surface area contributed by atoms with Crippen molar-refractivity contribution < 1.29 is 18.3 Å². The zero-order valence-electron chi connectivity index (χ0n) is 8.73. The van der Waals surface area contributed by atoms with Gasteiger partial charge in [0.05, 0.1) is 18.9 Å². The molecule has 0 amide bonds. The Morgan fingerprint density at radius 3 is 2.38 bits per heavy atom. The summed E-state index contributed by atoms with van der Waals surface area (Å²) in [5, 5.41) is 0. The maximum Gasteiger partial charge on any atom is 0.310 e. The van der Waals surface area contributed by atoms with Crippen LogP contribution in [0.2, 0.25) is 0 Å². The number of carbonyl (C=O) groups excluding carboxylic acids is 1. The van der Waals surface area contributed by atoms with Crippen molar-refractivity contribution in [3.8, 4) is 0 Å². The van der Waals surface area contributed by atoms with Gasteiger partial charge in [0.1, 0.15) is 11.6 Å². The van der Waals surface area contributed by atoms with Gasteiger partial charge in [-0.25, -0.2) is 8.78 Å². The summed E-state index contributed by atoms with van der Waals surface area (Å²) >= 11 is 5.51. The summed E-state index contributed by atoms with van der Waals surface area (Å²) in [6.45, 7) is 1.84. The number of benzene rings is 1. The SMILES string of the molecule is CCOC(=O)Cc1c(F)ccc(F)c1CCl. The van der Waals surface area contributed by atoms with E-state index in [1.54, 1.807) is 6.92 Å². The predicted molar refractivity (Wildman–Crippen MR) is 56.3 cm³/mol. The predicted octanol–water partition coefficient (Wildman–Crippen LogP) is 2.81. The van der Waals surface area contributed by atoms with Gasteiger partial charge in [-0.1, -0.05) is 0 Å². The van der Waals surface area contributed by atoms with Crippen molar-refractivity contribution >= 4 is 17.6 Å². The van der Waals surface area contributed by atoms with Crippen LogP contribution in [0.3, 0.4) is 0 Å². The van der Waals surface area contributed by atoms with Crippen LogP contribution in [0.25, 0.3) is 0 Å². The lowest BCUT2D eigenvalue weighted by atomic mass is 10.0. The van der Waals surface area contributed by atoms with Crippen LogP contribution < -0.4 is 0 Å². The molecule has 0 aliphatic rings. The van der Waals surface area contributed by atoms with Crippen LogP contribution in [0.15, 0.2) is 12.1 Å². The van der Waals surface area contributed by atoms with Gasteiger partial charge in [0.2, 0.25) is 0 Å². The van der Waals surface area contributed by atoms with Crippen LogP contribution in [0, 0.1) is 11.6 Å². The lowest BCUT2D eigenvalue weighted by Crippen LogP contribution is -2.11. The molecule has 0 aromatic heterocycles. The second-order valence-electron chi connectivity index (χ2n) is 3.10. The number of rotatable bonds is 4. The van der Waals surface area contributed by atoms with E-state index in [9.17, 15) is 13.6 Å². The van der Waals surface area contributed by atoms with Gasteiger partial charge in [-0.3, -0.25) is 4.79 Å². The quantitative estimate of drug-likeness (QED) is 0.605. The molecular weight excluding hydrogens is 238 g/mol. The Kier molecular flexibility index (Phi) is 4.68. The Hall–Kier alpha value is -1.16. The molecule has 0 unspecified atom stereocenters. The third kappa shape index (κ3) is 2.92. The summed E-state index contributed by atoms with van der Waals surface area (Å²) in [6, 6.07) is 1.96. The molecule has 88 valence electrons. The summed E-state index contributed by atoms with van der Waals surface area (Å²) in [5.74, 6) is -2.04. The lowest BCUT2D eigenvalue weighted by molar-refractivity contribution is -0.142. The Morgan fingerprint density at radius 2 is 1.88 bits per heavy atom. The Balaban J connectivity index is 3.01. The molecule has 0 aliphatic carbocycles. The molecule has 0 saturated heterocycles. The molecule has 5 heteroatoms. The number of hydrogen-bond donors (Lipinski definition) is 0. The van der Waals surface area contributed by atoms with Gasteiger partial charge < -0.3 is 4.74 Å². The topological polar surface area (TPSA) is 26.3 Å². The fourth-order valence-corrected chi connectivity index (χ4v) is 1.62. The first-order valence-electron chi connectivity index (χ1n) is 4.77. The van der Waals surface area contributed by atoms with Crippen LogP contribution in [0.1, 0.15) is 18.1 Å². The summed E-state index contributed by atoms with van der Waals surface area (Å²) in [4.78, 5) is 11.2. The maximum atomic E-state index is 13.4. The van der Waals surface area contributed by atoms with Crippen molar-refractivity contribution in [3.05, 3.63) is 34.9 Å². The lowest BCUT2D eigenvalue weighted by Gasteiger charge is -2.09. The molecule has 0 heterocycles. The minimum atomic E-state index is -0.648. The van der Waals surface area contributed by atoms with Crippen LogP contribution in [-0.4, -0.2) is 12.6 Å². The average molecular weight is 249 g/mol. The van der Waals surface area contributed by atoms with Crippen molar-refractivity contribution in [1.29, 1.82) is 0 Å². The fraction of sp³-hybridized carbons (Fsp3) is 0.364. The molecule has 2 nitrogen and oxygen atoms in total. The molecule has 16 heavy (non-hydrogen) atoms. The molecule has 1 aromatic rings. The van der Waals surface area contributed by atoms with E-state index in [2.05, 4.69) is 4.74 Å². The second kappa shape index (κ2) is 5.80. The number of esters is 1. The van der Waals surface area contributed by atoms with E-state index in [1.165, 1.54) is 0 Å². The monoisotopic (exact) mass is 248 g/mol. The highest BCUT2D eigenvalue weighted by atomic mass is 35.5. The van der Waals surface area contributed by atoms with Crippen LogP contribution in [0.4, 0.5) is 8.78 Å². The van der Waals surface area contributed by atoms with E-state index < -0.39 is 17.6 Å². The molecule has 0 spiro atoms. The molecule has 0 aliphatic heterocycles. The highest BCUT2D eigenvalue weighted by Gasteiger charge is 2.16. The van der Waals surface area contributed by atoms with Gasteiger partial charge in [-0.2, -0.15) is 0 Å². The largest absolute Gasteiger partial charge is 0.466 e. The van der Waals surface area contributed by atoms with Gasteiger partial charge in [-0.05, 0) is 19.1 Å². The highest BCUT2D eigenvalue weighted by Crippen LogP contribution is 2.20. The van der Waals surface area contributed by atoms with Gasteiger partial charge >= 0.3 is 5.97 Å². The first-order valence-corrected chi connectivity index (χ1v) is 5.31. The first kappa shape index (κ1) is 12.9. The van der Waals surface area contributed by atoms with Crippen molar-refractivity contribution in [2.75, 3.05) is 6.61 Å². The molecule has 0 bridgehead atoms. The average Bonchev–Trinajstić information content (AvgIpc) is 2.24. The van der Waals surface area contributed by atoms with E-state index in [0.29, 0.717) is 0 Å². The van der Waals surface area contributed by atoms with E-state index in [4.69, 9.17) is 11.6 Å². The normalized spacial score (nSPS) is 10.2. The zero-order chi connectivity index (χ0) is 12.1. The van der Waals surface area contributed by atoms with E-state index in [1.807, 2.05) is 0 Å². The van der Waals surface area contributed by atoms with Crippen molar-refractivity contribution in [1.82, 2.24) is 0 Å². The molecule has 0 radical (unpaired) electrons. The Morgan fingerprint density at radius 1 is 1.31 bits per heavy atom. The number of halogens is 3. The summed E-state index contributed by atoms with van der Waals surface area (Å²) in [6.07, 6.45) is -0.306. The zero-order valence-corrected chi connectivity index (χ0v) is 9.48. The standard InChI is InChI=1S/C11H11ClF2O2/c1-2-16-11(15)5-7-8(6-12)10(14)4-3-9(7)13/h3-4H,2,5-6H2,1H3. The third-order valence-corrected chi connectivity index (χ3v) is 2.34. The third-order valence-electron chi connectivity index (χ3n) is 2.08. The van der Waals surface area contributed by atoms with Crippen LogP contribution in [0.5, 0.6) is 0 Å². The smallest absolute Gasteiger partial charge is 0.310 e. The van der Waals surface area contributed by atoms with Gasteiger partial charge in [0.25, 0.3) is 0 Å². The van der Waals surface area contributed by atoms with Gasteiger partial charge in [0.15, 0.2) is 0 Å². The van der Waals surface area contributed by atoms with E-state index >= 15 is 0 Å². The molecule has 1 rings (SSSR count). The summed E-state index contributed by atoms with van der Waals surface area (Å²) in [7, 11) is 0.